The van der Waals surface area contributed by atoms with E-state index in [2.05, 4.69) is 0 Å². The van der Waals surface area contributed by atoms with Gasteiger partial charge in [0.15, 0.2) is 17.6 Å². The summed E-state index contributed by atoms with van der Waals surface area (Å²) in [5.74, 6) is 1.04. The molecule has 1 aromatic rings. The van der Waals surface area contributed by atoms with Crippen LogP contribution in [0.3, 0.4) is 0 Å². The normalized spacial score (nSPS) is 20.5. The third-order valence-electron chi connectivity index (χ3n) is 3.32. The van der Waals surface area contributed by atoms with E-state index >= 15 is 0 Å². The average Bonchev–Trinajstić information content (AvgIpc) is 2.71. The van der Waals surface area contributed by atoms with Crippen LogP contribution >= 0.6 is 0 Å². The highest BCUT2D eigenvalue weighted by atomic mass is 16.5. The molecule has 1 N–H and O–H groups in total. The highest BCUT2D eigenvalue weighted by molar-refractivity contribution is 5.83. The second kappa shape index (κ2) is 5.48. The van der Waals surface area contributed by atoms with Crippen LogP contribution in [-0.4, -0.2) is 42.7 Å². The molecule has 104 valence electrons. The SMILES string of the molecule is COc1cc(C(C)O)ccc1OC1CCN(C)C1=O. The van der Waals surface area contributed by atoms with E-state index in [4.69, 9.17) is 9.47 Å². The molecular weight excluding hydrogens is 246 g/mol. The second-order valence-electron chi connectivity index (χ2n) is 4.74. The molecule has 0 aromatic heterocycles. The van der Waals surface area contributed by atoms with Gasteiger partial charge in [-0.1, -0.05) is 6.07 Å². The first-order valence-electron chi connectivity index (χ1n) is 6.30. The number of rotatable bonds is 4. The van der Waals surface area contributed by atoms with Crippen LogP contribution in [0.2, 0.25) is 0 Å². The minimum absolute atomic E-state index is 0.0124. The zero-order valence-corrected chi connectivity index (χ0v) is 11.4. The summed E-state index contributed by atoms with van der Waals surface area (Å²) in [4.78, 5) is 13.5. The molecule has 2 unspecified atom stereocenters. The van der Waals surface area contributed by atoms with Crippen LogP contribution in [0.4, 0.5) is 0 Å². The number of nitrogens with zero attached hydrogens (tertiary/aromatic N) is 1. The molecule has 0 bridgehead atoms. The van der Waals surface area contributed by atoms with E-state index in [1.165, 1.54) is 7.11 Å². The van der Waals surface area contributed by atoms with Crippen LogP contribution in [0.25, 0.3) is 0 Å². The molecule has 0 saturated carbocycles. The van der Waals surface area contributed by atoms with E-state index < -0.39 is 12.2 Å². The molecule has 1 heterocycles. The van der Waals surface area contributed by atoms with E-state index in [0.717, 1.165) is 5.56 Å². The van der Waals surface area contributed by atoms with Crippen LogP contribution in [-0.2, 0) is 4.79 Å². The number of hydrogen-bond acceptors (Lipinski definition) is 4. The number of likely N-dealkylation sites (N-methyl/N-ethyl adjacent to an activating group) is 1. The number of aliphatic hydroxyl groups is 1. The van der Waals surface area contributed by atoms with Crippen LogP contribution in [0.5, 0.6) is 11.5 Å². The van der Waals surface area contributed by atoms with E-state index in [1.807, 2.05) is 0 Å². The second-order valence-corrected chi connectivity index (χ2v) is 4.74. The van der Waals surface area contributed by atoms with Crippen molar-refractivity contribution < 1.29 is 19.4 Å². The molecule has 1 amide bonds. The largest absolute Gasteiger partial charge is 0.493 e. The number of carbonyl (C=O) groups excluding carboxylic acids is 1. The molecule has 1 saturated heterocycles. The average molecular weight is 265 g/mol. The Hall–Kier alpha value is -1.75. The number of benzene rings is 1. The molecule has 1 aromatic carbocycles. The first kappa shape index (κ1) is 13.7. The van der Waals surface area contributed by atoms with E-state index in [9.17, 15) is 9.90 Å². The molecular formula is C14H19NO4. The Kier molecular flexibility index (Phi) is 3.95. The summed E-state index contributed by atoms with van der Waals surface area (Å²) < 4.78 is 11.0. The van der Waals surface area contributed by atoms with E-state index in [-0.39, 0.29) is 5.91 Å². The quantitative estimate of drug-likeness (QED) is 0.893. The summed E-state index contributed by atoms with van der Waals surface area (Å²) >= 11 is 0. The molecule has 5 nitrogen and oxygen atoms in total. The maximum atomic E-state index is 11.8. The lowest BCUT2D eigenvalue weighted by atomic mass is 10.1. The molecule has 2 atom stereocenters. The predicted octanol–water partition coefficient (Wildman–Crippen LogP) is 1.36. The number of hydrogen-bond donors (Lipinski definition) is 1. The first-order valence-corrected chi connectivity index (χ1v) is 6.30. The van der Waals surface area contributed by atoms with Crippen molar-refractivity contribution in [2.24, 2.45) is 0 Å². The summed E-state index contributed by atoms with van der Waals surface area (Å²) in [5.41, 5.74) is 0.749. The van der Waals surface area contributed by atoms with Crippen molar-refractivity contribution >= 4 is 5.91 Å². The fourth-order valence-electron chi connectivity index (χ4n) is 2.09. The first-order chi connectivity index (χ1) is 9.02. The standard InChI is InChI=1S/C14H19NO4/c1-9(16)10-4-5-11(13(8-10)18-3)19-12-6-7-15(2)14(12)17/h4-5,8-9,12,16H,6-7H2,1-3H3. The summed E-state index contributed by atoms with van der Waals surface area (Å²) in [6, 6.07) is 5.22. The monoisotopic (exact) mass is 265 g/mol. The van der Waals surface area contributed by atoms with Gasteiger partial charge in [-0.05, 0) is 24.6 Å². The van der Waals surface area contributed by atoms with Gasteiger partial charge in [0.1, 0.15) is 0 Å². The van der Waals surface area contributed by atoms with Crippen molar-refractivity contribution in [2.45, 2.75) is 25.6 Å². The van der Waals surface area contributed by atoms with Crippen molar-refractivity contribution in [1.82, 2.24) is 4.90 Å². The molecule has 0 radical (unpaired) electrons. The molecule has 1 aliphatic rings. The Morgan fingerprint density at radius 2 is 2.16 bits per heavy atom. The molecule has 1 aliphatic heterocycles. The summed E-state index contributed by atoms with van der Waals surface area (Å²) in [6.07, 6.45) is -0.338. The third kappa shape index (κ3) is 2.81. The molecule has 0 aliphatic carbocycles. The molecule has 19 heavy (non-hydrogen) atoms. The number of aliphatic hydroxyl groups excluding tert-OH is 1. The lowest BCUT2D eigenvalue weighted by molar-refractivity contribution is -0.132. The van der Waals surface area contributed by atoms with Crippen LogP contribution < -0.4 is 9.47 Å². The molecule has 5 heteroatoms. The van der Waals surface area contributed by atoms with Gasteiger partial charge in [-0.25, -0.2) is 0 Å². The van der Waals surface area contributed by atoms with E-state index in [1.54, 1.807) is 37.1 Å². The van der Waals surface area contributed by atoms with Gasteiger partial charge in [0.25, 0.3) is 5.91 Å². The zero-order chi connectivity index (χ0) is 14.0. The third-order valence-corrected chi connectivity index (χ3v) is 3.32. The van der Waals surface area contributed by atoms with Gasteiger partial charge in [0.2, 0.25) is 0 Å². The van der Waals surface area contributed by atoms with Gasteiger partial charge in [0.05, 0.1) is 13.2 Å². The Balaban J connectivity index is 2.18. The number of likely N-dealkylation sites (tertiary alicyclic amines) is 1. The number of amides is 1. The topological polar surface area (TPSA) is 59.0 Å². The Labute approximate surface area is 112 Å². The van der Waals surface area contributed by atoms with Crippen molar-refractivity contribution in [1.29, 1.82) is 0 Å². The Bertz CT molecular complexity index is 473. The lowest BCUT2D eigenvalue weighted by Gasteiger charge is -2.16. The minimum atomic E-state index is -0.567. The van der Waals surface area contributed by atoms with Gasteiger partial charge in [-0.15, -0.1) is 0 Å². The van der Waals surface area contributed by atoms with Gasteiger partial charge < -0.3 is 19.5 Å². The lowest BCUT2D eigenvalue weighted by Crippen LogP contribution is -2.29. The summed E-state index contributed by atoms with van der Waals surface area (Å²) in [5, 5.41) is 9.54. The predicted molar refractivity (Wildman–Crippen MR) is 70.3 cm³/mol. The molecule has 2 rings (SSSR count). The highest BCUT2D eigenvalue weighted by Gasteiger charge is 2.31. The summed E-state index contributed by atoms with van der Waals surface area (Å²) in [7, 11) is 3.30. The van der Waals surface area contributed by atoms with Crippen molar-refractivity contribution in [2.75, 3.05) is 20.7 Å². The maximum absolute atomic E-state index is 11.8. The van der Waals surface area contributed by atoms with E-state index in [0.29, 0.717) is 24.5 Å². The zero-order valence-electron chi connectivity index (χ0n) is 11.4. The fraction of sp³-hybridized carbons (Fsp3) is 0.500. The van der Waals surface area contributed by atoms with Gasteiger partial charge in [-0.2, -0.15) is 0 Å². The van der Waals surface area contributed by atoms with Crippen molar-refractivity contribution in [3.8, 4) is 11.5 Å². The maximum Gasteiger partial charge on any atom is 0.263 e. The number of methoxy groups -OCH3 is 1. The van der Waals surface area contributed by atoms with Crippen molar-refractivity contribution in [3.63, 3.8) is 0 Å². The minimum Gasteiger partial charge on any atom is -0.493 e. The van der Waals surface area contributed by atoms with Gasteiger partial charge in [0, 0.05) is 20.0 Å². The van der Waals surface area contributed by atoms with Crippen LogP contribution in [0, 0.1) is 0 Å². The van der Waals surface area contributed by atoms with Crippen molar-refractivity contribution in [3.05, 3.63) is 23.8 Å². The van der Waals surface area contributed by atoms with Gasteiger partial charge in [-0.3, -0.25) is 4.79 Å². The Morgan fingerprint density at radius 1 is 1.42 bits per heavy atom. The van der Waals surface area contributed by atoms with Crippen LogP contribution in [0.1, 0.15) is 25.0 Å². The number of ether oxygens (including phenoxy) is 2. The Morgan fingerprint density at radius 3 is 2.68 bits per heavy atom. The number of carbonyl (C=O) groups is 1. The molecule has 0 spiro atoms. The van der Waals surface area contributed by atoms with Gasteiger partial charge >= 0.3 is 0 Å². The smallest absolute Gasteiger partial charge is 0.263 e. The van der Waals surface area contributed by atoms with Crippen LogP contribution in [0.15, 0.2) is 18.2 Å². The summed E-state index contributed by atoms with van der Waals surface area (Å²) in [6.45, 7) is 2.39. The molecule has 1 fully saturated rings. The fourth-order valence-corrected chi connectivity index (χ4v) is 2.09. The highest BCUT2D eigenvalue weighted by Crippen LogP contribution is 2.32.